The van der Waals surface area contributed by atoms with Gasteiger partial charge in [0, 0.05) is 13.2 Å². The van der Waals surface area contributed by atoms with Gasteiger partial charge >= 0.3 is 11.9 Å². The molecule has 2 aromatic carbocycles. The number of aryl methyl sites for hydroxylation is 1. The summed E-state index contributed by atoms with van der Waals surface area (Å²) in [6.45, 7) is 1.85. The van der Waals surface area contributed by atoms with Crippen molar-refractivity contribution in [2.24, 2.45) is 0 Å². The van der Waals surface area contributed by atoms with Crippen LogP contribution in [0.4, 0.5) is 0 Å². The number of carbonyl (C=O) groups excluding carboxylic acids is 2. The smallest absolute Gasteiger partial charge is 0.339 e. The maximum absolute atomic E-state index is 12.8. The van der Waals surface area contributed by atoms with Gasteiger partial charge in [0.25, 0.3) is 10.0 Å². The maximum Gasteiger partial charge on any atom is 0.339 e. The van der Waals surface area contributed by atoms with E-state index >= 15 is 0 Å². The molecular weight excluding hydrogens is 382 g/mol. The highest BCUT2D eigenvalue weighted by molar-refractivity contribution is 7.89. The number of rotatable bonds is 6. The van der Waals surface area contributed by atoms with E-state index in [0.29, 0.717) is 11.1 Å². The average molecular weight is 403 g/mol. The molecule has 0 aromatic heterocycles. The van der Waals surface area contributed by atoms with E-state index in [0.717, 1.165) is 9.87 Å². The van der Waals surface area contributed by atoms with E-state index in [1.807, 2.05) is 6.92 Å². The Hall–Kier alpha value is -3.13. The lowest BCUT2D eigenvalue weighted by Gasteiger charge is -2.17. The molecule has 7 nitrogen and oxygen atoms in total. The molecule has 0 saturated carbocycles. The van der Waals surface area contributed by atoms with Gasteiger partial charge in [-0.05, 0) is 36.8 Å². The van der Waals surface area contributed by atoms with Crippen molar-refractivity contribution in [1.29, 1.82) is 0 Å². The highest BCUT2D eigenvalue weighted by Gasteiger charge is 2.22. The number of nitrogens with zero attached hydrogens (tertiary/aromatic N) is 1. The summed E-state index contributed by atoms with van der Waals surface area (Å²) in [6, 6.07) is 12.4. The molecule has 0 bridgehead atoms. The van der Waals surface area contributed by atoms with Crippen LogP contribution in [0.25, 0.3) is 5.57 Å². The highest BCUT2D eigenvalue weighted by atomic mass is 32.2. The average Bonchev–Trinajstić information content (AvgIpc) is 2.71. The highest BCUT2D eigenvalue weighted by Crippen LogP contribution is 2.22. The Kier molecular flexibility index (Phi) is 6.58. The topological polar surface area (TPSA) is 90.0 Å². The van der Waals surface area contributed by atoms with E-state index in [2.05, 4.69) is 4.74 Å². The van der Waals surface area contributed by atoms with Crippen molar-refractivity contribution < 1.29 is 27.5 Å². The van der Waals surface area contributed by atoms with Gasteiger partial charge < -0.3 is 9.47 Å². The Balaban J connectivity index is 2.44. The first-order valence-electron chi connectivity index (χ1n) is 8.24. The molecule has 0 aliphatic carbocycles. The van der Waals surface area contributed by atoms with Crippen LogP contribution in [0.3, 0.4) is 0 Å². The Morgan fingerprint density at radius 3 is 1.93 bits per heavy atom. The molecule has 0 amide bonds. The molecule has 0 fully saturated rings. The molecular formula is C20H21NO6S. The van der Waals surface area contributed by atoms with Crippen molar-refractivity contribution in [2.45, 2.75) is 11.8 Å². The number of sulfonamides is 1. The standard InChI is InChI=1S/C20H21NO6S/c1-14-5-11-17(12-6-14)28(24,25)21(2)13-18(20(23)27-4)15-7-9-16(10-8-15)19(22)26-3/h5-13H,1-4H3/b18-13-. The molecule has 28 heavy (non-hydrogen) atoms. The third-order valence-corrected chi connectivity index (χ3v) is 5.76. The van der Waals surface area contributed by atoms with E-state index in [-0.39, 0.29) is 10.5 Å². The molecule has 0 heterocycles. The zero-order chi connectivity index (χ0) is 20.9. The summed E-state index contributed by atoms with van der Waals surface area (Å²) < 4.78 is 35.9. The molecule has 0 radical (unpaired) electrons. The van der Waals surface area contributed by atoms with Crippen LogP contribution in [0.15, 0.2) is 59.6 Å². The van der Waals surface area contributed by atoms with Crippen LogP contribution in [0.1, 0.15) is 21.5 Å². The molecule has 0 atom stereocenters. The van der Waals surface area contributed by atoms with Crippen molar-refractivity contribution in [3.63, 3.8) is 0 Å². The zero-order valence-corrected chi connectivity index (χ0v) is 16.8. The minimum Gasteiger partial charge on any atom is -0.465 e. The number of methoxy groups -OCH3 is 2. The number of benzene rings is 2. The summed E-state index contributed by atoms with van der Waals surface area (Å²) in [5, 5.41) is 0. The lowest BCUT2D eigenvalue weighted by atomic mass is 10.0. The van der Waals surface area contributed by atoms with Gasteiger partial charge in [0.1, 0.15) is 0 Å². The normalized spacial score (nSPS) is 11.6. The predicted octanol–water partition coefficient (Wildman–Crippen LogP) is 2.62. The van der Waals surface area contributed by atoms with Crippen LogP contribution in [-0.4, -0.2) is 45.9 Å². The van der Waals surface area contributed by atoms with Crippen LogP contribution in [0.2, 0.25) is 0 Å². The quantitative estimate of drug-likeness (QED) is 0.544. The minimum absolute atomic E-state index is 0.0251. The van der Waals surface area contributed by atoms with Crippen LogP contribution in [-0.2, 0) is 24.3 Å². The van der Waals surface area contributed by atoms with Gasteiger partial charge in [-0.1, -0.05) is 29.8 Å². The van der Waals surface area contributed by atoms with Gasteiger partial charge in [-0.2, -0.15) is 0 Å². The first-order chi connectivity index (χ1) is 13.2. The first kappa shape index (κ1) is 21.2. The summed E-state index contributed by atoms with van der Waals surface area (Å²) in [6.07, 6.45) is 1.19. The van der Waals surface area contributed by atoms with Gasteiger partial charge in [0.05, 0.1) is 30.3 Å². The van der Waals surface area contributed by atoms with Crippen LogP contribution in [0.5, 0.6) is 0 Å². The fourth-order valence-corrected chi connectivity index (χ4v) is 3.44. The Morgan fingerprint density at radius 2 is 1.43 bits per heavy atom. The third-order valence-electron chi connectivity index (χ3n) is 4.03. The van der Waals surface area contributed by atoms with E-state index in [9.17, 15) is 18.0 Å². The van der Waals surface area contributed by atoms with Gasteiger partial charge in [-0.3, -0.25) is 4.31 Å². The number of esters is 2. The molecule has 0 saturated heterocycles. The van der Waals surface area contributed by atoms with Crippen LogP contribution < -0.4 is 0 Å². The number of ether oxygens (including phenoxy) is 2. The van der Waals surface area contributed by atoms with Gasteiger partial charge in [-0.25, -0.2) is 18.0 Å². The Morgan fingerprint density at radius 1 is 0.893 bits per heavy atom. The summed E-state index contributed by atoms with van der Waals surface area (Å²) >= 11 is 0. The molecule has 0 unspecified atom stereocenters. The lowest BCUT2D eigenvalue weighted by Crippen LogP contribution is -2.23. The second-order valence-corrected chi connectivity index (χ2v) is 7.94. The lowest BCUT2D eigenvalue weighted by molar-refractivity contribution is -0.133. The number of hydrogen-bond acceptors (Lipinski definition) is 6. The van der Waals surface area contributed by atoms with Crippen molar-refractivity contribution in [3.05, 3.63) is 71.4 Å². The third kappa shape index (κ3) is 4.58. The van der Waals surface area contributed by atoms with E-state index in [4.69, 9.17) is 4.74 Å². The van der Waals surface area contributed by atoms with Crippen molar-refractivity contribution in [1.82, 2.24) is 4.31 Å². The van der Waals surface area contributed by atoms with Crippen molar-refractivity contribution in [2.75, 3.05) is 21.3 Å². The van der Waals surface area contributed by atoms with Gasteiger partial charge in [0.15, 0.2) is 0 Å². The monoisotopic (exact) mass is 403 g/mol. The minimum atomic E-state index is -3.85. The molecule has 0 spiro atoms. The van der Waals surface area contributed by atoms with Crippen molar-refractivity contribution >= 4 is 27.5 Å². The fourth-order valence-electron chi connectivity index (χ4n) is 2.39. The molecule has 148 valence electrons. The fraction of sp³-hybridized carbons (Fsp3) is 0.200. The molecule has 8 heteroatoms. The summed E-state index contributed by atoms with van der Waals surface area (Å²) in [5.41, 5.74) is 1.65. The second kappa shape index (κ2) is 8.71. The largest absolute Gasteiger partial charge is 0.465 e. The van der Waals surface area contributed by atoms with Crippen LogP contribution >= 0.6 is 0 Å². The zero-order valence-electron chi connectivity index (χ0n) is 16.0. The summed E-state index contributed by atoms with van der Waals surface area (Å²) in [4.78, 5) is 23.9. The second-order valence-electron chi connectivity index (χ2n) is 5.94. The number of carbonyl (C=O) groups is 2. The molecule has 0 N–H and O–H groups in total. The van der Waals surface area contributed by atoms with Crippen LogP contribution in [0, 0.1) is 6.92 Å². The van der Waals surface area contributed by atoms with E-state index in [1.54, 1.807) is 12.1 Å². The maximum atomic E-state index is 12.8. The van der Waals surface area contributed by atoms with Gasteiger partial charge in [0.2, 0.25) is 0 Å². The SMILES string of the molecule is COC(=O)/C(=C\N(C)S(=O)(=O)c1ccc(C)cc1)c1ccc(C(=O)OC)cc1. The number of hydrogen-bond donors (Lipinski definition) is 0. The van der Waals surface area contributed by atoms with E-state index in [1.165, 1.54) is 63.9 Å². The summed E-state index contributed by atoms with van der Waals surface area (Å²) in [5.74, 6) is -1.23. The van der Waals surface area contributed by atoms with Crippen molar-refractivity contribution in [3.8, 4) is 0 Å². The molecule has 0 aliphatic rings. The Bertz CT molecular complexity index is 992. The predicted molar refractivity (Wildman–Crippen MR) is 104 cm³/mol. The molecule has 2 rings (SSSR count). The molecule has 0 aliphatic heterocycles. The summed E-state index contributed by atoms with van der Waals surface area (Å²) in [7, 11) is -0.0501. The van der Waals surface area contributed by atoms with E-state index < -0.39 is 22.0 Å². The molecule has 2 aromatic rings. The van der Waals surface area contributed by atoms with Gasteiger partial charge in [-0.15, -0.1) is 0 Å². The first-order valence-corrected chi connectivity index (χ1v) is 9.68. The Labute approximate surface area is 164 Å².